The molecule has 0 radical (unpaired) electrons. The molecule has 0 saturated heterocycles. The number of alkyl halides is 3. The molecule has 0 bridgehead atoms. The second kappa shape index (κ2) is 6.94. The molecule has 0 aromatic heterocycles. The molecule has 0 aliphatic rings. The summed E-state index contributed by atoms with van der Waals surface area (Å²) in [6, 6.07) is 5.18. The lowest BCUT2D eigenvalue weighted by atomic mass is 9.99. The van der Waals surface area contributed by atoms with Crippen LogP contribution in [0.3, 0.4) is 0 Å². The smallest absolute Gasteiger partial charge is 0.393 e. The molecule has 1 atom stereocenters. The van der Waals surface area contributed by atoms with Gasteiger partial charge in [0.1, 0.15) is 0 Å². The fourth-order valence-electron chi connectivity index (χ4n) is 2.01. The van der Waals surface area contributed by atoms with Gasteiger partial charge >= 0.3 is 6.18 Å². The van der Waals surface area contributed by atoms with Gasteiger partial charge in [-0.1, -0.05) is 44.9 Å². The van der Waals surface area contributed by atoms with Gasteiger partial charge in [0, 0.05) is 0 Å². The molecule has 0 saturated carbocycles. The summed E-state index contributed by atoms with van der Waals surface area (Å²) in [5, 5.41) is 9.83. The normalized spacial score (nSPS) is 13.8. The highest BCUT2D eigenvalue weighted by Gasteiger charge is 2.30. The predicted octanol–water partition coefficient (Wildman–Crippen LogP) is 4.44. The number of halogens is 3. The zero-order valence-corrected chi connectivity index (χ0v) is 11.4. The topological polar surface area (TPSA) is 20.2 Å². The van der Waals surface area contributed by atoms with Crippen molar-refractivity contribution in [3.8, 4) is 0 Å². The number of rotatable bonds is 6. The quantitative estimate of drug-likeness (QED) is 0.813. The van der Waals surface area contributed by atoms with Gasteiger partial charge in [0.05, 0.1) is 11.7 Å². The summed E-state index contributed by atoms with van der Waals surface area (Å²) >= 11 is 0. The van der Waals surface area contributed by atoms with Crippen LogP contribution in [-0.4, -0.2) is 11.2 Å². The van der Waals surface area contributed by atoms with E-state index in [0.717, 1.165) is 25.0 Å². The van der Waals surface area contributed by atoms with E-state index in [2.05, 4.69) is 13.8 Å². The summed E-state index contributed by atoms with van der Waals surface area (Å²) in [5.74, 6) is 0.584. The van der Waals surface area contributed by atoms with Crippen LogP contribution in [0, 0.1) is 5.92 Å². The summed E-state index contributed by atoms with van der Waals surface area (Å²) in [7, 11) is 0. The molecule has 0 aliphatic heterocycles. The van der Waals surface area contributed by atoms with Crippen molar-refractivity contribution in [2.45, 2.75) is 51.8 Å². The van der Waals surface area contributed by atoms with Gasteiger partial charge in [0.25, 0.3) is 0 Å². The van der Waals surface area contributed by atoms with Crippen LogP contribution >= 0.6 is 0 Å². The highest BCUT2D eigenvalue weighted by Crippen LogP contribution is 2.29. The average molecular weight is 274 g/mol. The van der Waals surface area contributed by atoms with Crippen molar-refractivity contribution in [2.24, 2.45) is 5.92 Å². The van der Waals surface area contributed by atoms with Crippen molar-refractivity contribution in [3.05, 3.63) is 35.4 Å². The molecule has 1 rings (SSSR count). The molecular weight excluding hydrogens is 253 g/mol. The van der Waals surface area contributed by atoms with E-state index in [9.17, 15) is 18.3 Å². The fourth-order valence-corrected chi connectivity index (χ4v) is 2.01. The Labute approximate surface area is 112 Å². The molecule has 1 unspecified atom stereocenters. The first-order valence-corrected chi connectivity index (χ1v) is 6.63. The Morgan fingerprint density at radius 2 is 1.84 bits per heavy atom. The van der Waals surface area contributed by atoms with Gasteiger partial charge in [-0.15, -0.1) is 0 Å². The molecule has 0 amide bonds. The standard InChI is InChI=1S/C15H21F3O/c1-11(2)5-3-8-14(19)10-12-6-4-7-13(9-12)15(16,17)18/h4,6-7,9,11,14,19H,3,5,8,10H2,1-2H3. The number of aliphatic hydroxyl groups is 1. The van der Waals surface area contributed by atoms with E-state index >= 15 is 0 Å². The van der Waals surface area contributed by atoms with Gasteiger partial charge < -0.3 is 5.11 Å². The van der Waals surface area contributed by atoms with Crippen LogP contribution < -0.4 is 0 Å². The molecule has 1 nitrogen and oxygen atoms in total. The molecule has 108 valence electrons. The van der Waals surface area contributed by atoms with Crippen LogP contribution in [0.1, 0.15) is 44.2 Å². The van der Waals surface area contributed by atoms with Crippen molar-refractivity contribution >= 4 is 0 Å². The molecule has 0 spiro atoms. The summed E-state index contributed by atoms with van der Waals surface area (Å²) < 4.78 is 37.6. The SMILES string of the molecule is CC(C)CCCC(O)Cc1cccc(C(F)(F)F)c1. The number of hydrogen-bond donors (Lipinski definition) is 1. The number of aliphatic hydroxyl groups excluding tert-OH is 1. The summed E-state index contributed by atoms with van der Waals surface area (Å²) in [6.45, 7) is 4.22. The summed E-state index contributed by atoms with van der Waals surface area (Å²) in [6.07, 6.45) is -2.05. The lowest BCUT2D eigenvalue weighted by Crippen LogP contribution is -2.12. The first-order chi connectivity index (χ1) is 8.79. The highest BCUT2D eigenvalue weighted by atomic mass is 19.4. The minimum Gasteiger partial charge on any atom is -0.393 e. The first kappa shape index (κ1) is 16.0. The van der Waals surface area contributed by atoms with E-state index in [1.807, 2.05) is 0 Å². The monoisotopic (exact) mass is 274 g/mol. The molecule has 19 heavy (non-hydrogen) atoms. The summed E-state index contributed by atoms with van der Waals surface area (Å²) in [5.41, 5.74) is -0.119. The van der Waals surface area contributed by atoms with Crippen molar-refractivity contribution in [2.75, 3.05) is 0 Å². The molecule has 1 aromatic rings. The Hall–Kier alpha value is -1.03. The molecule has 1 N–H and O–H groups in total. The molecule has 4 heteroatoms. The predicted molar refractivity (Wildman–Crippen MR) is 69.8 cm³/mol. The van der Waals surface area contributed by atoms with Crippen molar-refractivity contribution in [3.63, 3.8) is 0 Å². The largest absolute Gasteiger partial charge is 0.416 e. The Bertz CT molecular complexity index is 385. The maximum atomic E-state index is 12.5. The third kappa shape index (κ3) is 6.10. The molecular formula is C15H21F3O. The van der Waals surface area contributed by atoms with E-state index in [4.69, 9.17) is 0 Å². The van der Waals surface area contributed by atoms with E-state index in [0.29, 0.717) is 17.9 Å². The van der Waals surface area contributed by atoms with Crippen LogP contribution in [0.2, 0.25) is 0 Å². The van der Waals surface area contributed by atoms with Gasteiger partial charge in [0.2, 0.25) is 0 Å². The number of hydrogen-bond acceptors (Lipinski definition) is 1. The van der Waals surface area contributed by atoms with Gasteiger partial charge in [0.15, 0.2) is 0 Å². The van der Waals surface area contributed by atoms with E-state index in [-0.39, 0.29) is 6.42 Å². The molecule has 0 heterocycles. The van der Waals surface area contributed by atoms with Crippen molar-refractivity contribution < 1.29 is 18.3 Å². The van der Waals surface area contributed by atoms with Gasteiger partial charge in [-0.2, -0.15) is 13.2 Å². The maximum absolute atomic E-state index is 12.5. The second-order valence-electron chi connectivity index (χ2n) is 5.38. The van der Waals surface area contributed by atoms with Crippen molar-refractivity contribution in [1.82, 2.24) is 0 Å². The Morgan fingerprint density at radius 1 is 1.16 bits per heavy atom. The average Bonchev–Trinajstić information content (AvgIpc) is 2.27. The van der Waals surface area contributed by atoms with Crippen LogP contribution in [-0.2, 0) is 12.6 Å². The van der Waals surface area contributed by atoms with E-state index < -0.39 is 17.8 Å². The highest BCUT2D eigenvalue weighted by molar-refractivity contribution is 5.26. The fraction of sp³-hybridized carbons (Fsp3) is 0.600. The van der Waals surface area contributed by atoms with Gasteiger partial charge in [-0.25, -0.2) is 0 Å². The second-order valence-corrected chi connectivity index (χ2v) is 5.38. The minimum atomic E-state index is -4.32. The number of benzene rings is 1. The third-order valence-corrected chi connectivity index (χ3v) is 3.04. The van der Waals surface area contributed by atoms with Crippen LogP contribution in [0.15, 0.2) is 24.3 Å². The van der Waals surface area contributed by atoms with Crippen LogP contribution in [0.5, 0.6) is 0 Å². The maximum Gasteiger partial charge on any atom is 0.416 e. The third-order valence-electron chi connectivity index (χ3n) is 3.04. The molecule has 0 fully saturated rings. The lowest BCUT2D eigenvalue weighted by molar-refractivity contribution is -0.137. The van der Waals surface area contributed by atoms with E-state index in [1.54, 1.807) is 6.07 Å². The zero-order chi connectivity index (χ0) is 14.5. The van der Waals surface area contributed by atoms with Crippen LogP contribution in [0.4, 0.5) is 13.2 Å². The van der Waals surface area contributed by atoms with Crippen molar-refractivity contribution in [1.29, 1.82) is 0 Å². The molecule has 1 aromatic carbocycles. The lowest BCUT2D eigenvalue weighted by Gasteiger charge is -2.13. The zero-order valence-electron chi connectivity index (χ0n) is 11.4. The van der Waals surface area contributed by atoms with E-state index in [1.165, 1.54) is 6.07 Å². The van der Waals surface area contributed by atoms with Gasteiger partial charge in [-0.05, 0) is 30.4 Å². The Kier molecular flexibility index (Phi) is 5.85. The first-order valence-electron chi connectivity index (χ1n) is 6.63. The van der Waals surface area contributed by atoms with Crippen LogP contribution in [0.25, 0.3) is 0 Å². The minimum absolute atomic E-state index is 0.280. The Balaban J connectivity index is 2.52. The van der Waals surface area contributed by atoms with Gasteiger partial charge in [-0.3, -0.25) is 0 Å². The summed E-state index contributed by atoms with van der Waals surface area (Å²) in [4.78, 5) is 0. The Morgan fingerprint density at radius 3 is 2.42 bits per heavy atom. The molecule has 0 aliphatic carbocycles.